The van der Waals surface area contributed by atoms with E-state index in [-0.39, 0.29) is 4.75 Å². The van der Waals surface area contributed by atoms with Crippen LogP contribution in [0.4, 0.5) is 0 Å². The SMILES string of the molecule is CCc1ccc(Oc2ccc(C(C)(C)[SH2+])cc2)cc1. The molecule has 0 amide bonds. The van der Waals surface area contributed by atoms with Crippen molar-refractivity contribution >= 4 is 12.6 Å². The summed E-state index contributed by atoms with van der Waals surface area (Å²) in [6.45, 7) is 6.41. The van der Waals surface area contributed by atoms with Gasteiger partial charge in [-0.3, -0.25) is 0 Å². The third kappa shape index (κ3) is 3.77. The molecule has 0 atom stereocenters. The number of benzene rings is 2. The third-order valence-electron chi connectivity index (χ3n) is 3.14. The average molecular weight is 273 g/mol. The molecule has 0 spiro atoms. The minimum Gasteiger partial charge on any atom is -0.457 e. The first-order valence-electron chi connectivity index (χ1n) is 6.61. The lowest BCUT2D eigenvalue weighted by Crippen LogP contribution is -2.11. The molecule has 2 rings (SSSR count). The van der Waals surface area contributed by atoms with Gasteiger partial charge in [0.15, 0.2) is 0 Å². The Morgan fingerprint density at radius 2 is 1.37 bits per heavy atom. The smallest absolute Gasteiger partial charge is 0.143 e. The summed E-state index contributed by atoms with van der Waals surface area (Å²) in [7, 11) is 0. The lowest BCUT2D eigenvalue weighted by Gasteiger charge is -2.12. The van der Waals surface area contributed by atoms with Gasteiger partial charge < -0.3 is 4.74 Å². The second kappa shape index (κ2) is 5.70. The van der Waals surface area contributed by atoms with Crippen molar-refractivity contribution < 1.29 is 4.74 Å². The van der Waals surface area contributed by atoms with Gasteiger partial charge in [-0.15, -0.1) is 0 Å². The van der Waals surface area contributed by atoms with Crippen molar-refractivity contribution in [2.75, 3.05) is 0 Å². The molecule has 0 saturated heterocycles. The summed E-state index contributed by atoms with van der Waals surface area (Å²) in [4.78, 5) is 0. The molecule has 0 heterocycles. The molecule has 0 fully saturated rings. The Kier molecular flexibility index (Phi) is 4.20. The number of ether oxygens (including phenoxy) is 1. The second-order valence-electron chi connectivity index (χ2n) is 5.25. The highest BCUT2D eigenvalue weighted by Gasteiger charge is 2.20. The highest BCUT2D eigenvalue weighted by molar-refractivity contribution is 7.59. The maximum Gasteiger partial charge on any atom is 0.143 e. The van der Waals surface area contributed by atoms with Gasteiger partial charge in [0.05, 0.1) is 0 Å². The molecule has 2 aromatic rings. The van der Waals surface area contributed by atoms with E-state index < -0.39 is 0 Å². The van der Waals surface area contributed by atoms with Crippen LogP contribution in [0.25, 0.3) is 0 Å². The molecule has 0 bridgehead atoms. The minimum atomic E-state index is -0.0126. The van der Waals surface area contributed by atoms with Gasteiger partial charge in [-0.2, -0.15) is 0 Å². The fourth-order valence-electron chi connectivity index (χ4n) is 1.87. The predicted octanol–water partition coefficient (Wildman–Crippen LogP) is 4.29. The number of hydrogen-bond acceptors (Lipinski definition) is 1. The normalized spacial score (nSPS) is 11.4. The van der Waals surface area contributed by atoms with Crippen molar-refractivity contribution in [1.29, 1.82) is 0 Å². The monoisotopic (exact) mass is 273 g/mol. The zero-order valence-corrected chi connectivity index (χ0v) is 12.7. The molecule has 100 valence electrons. The molecule has 0 aliphatic rings. The van der Waals surface area contributed by atoms with Crippen LogP contribution in [-0.4, -0.2) is 0 Å². The Hall–Kier alpha value is -1.41. The van der Waals surface area contributed by atoms with E-state index in [2.05, 4.69) is 57.7 Å². The van der Waals surface area contributed by atoms with Crippen LogP contribution in [0.2, 0.25) is 0 Å². The van der Waals surface area contributed by atoms with Crippen LogP contribution < -0.4 is 4.74 Å². The Morgan fingerprint density at radius 1 is 0.895 bits per heavy atom. The van der Waals surface area contributed by atoms with E-state index in [1.54, 1.807) is 0 Å². The van der Waals surface area contributed by atoms with E-state index in [1.807, 2.05) is 24.3 Å². The van der Waals surface area contributed by atoms with Crippen LogP contribution >= 0.6 is 0 Å². The van der Waals surface area contributed by atoms with Crippen LogP contribution in [-0.2, 0) is 23.8 Å². The van der Waals surface area contributed by atoms with Crippen LogP contribution in [0.15, 0.2) is 48.5 Å². The van der Waals surface area contributed by atoms with Gasteiger partial charge in [-0.25, -0.2) is 0 Å². The van der Waals surface area contributed by atoms with Crippen LogP contribution in [0.1, 0.15) is 31.9 Å². The molecular formula is C17H21OS+. The van der Waals surface area contributed by atoms with E-state index in [1.165, 1.54) is 11.1 Å². The van der Waals surface area contributed by atoms with E-state index >= 15 is 0 Å². The van der Waals surface area contributed by atoms with Crippen molar-refractivity contribution in [3.8, 4) is 11.5 Å². The molecule has 2 heteroatoms. The first kappa shape index (κ1) is 14.0. The quantitative estimate of drug-likeness (QED) is 0.755. The fraction of sp³-hybridized carbons (Fsp3) is 0.294. The topological polar surface area (TPSA) is 9.23 Å². The predicted molar refractivity (Wildman–Crippen MR) is 85.5 cm³/mol. The van der Waals surface area contributed by atoms with Gasteiger partial charge >= 0.3 is 0 Å². The van der Waals surface area contributed by atoms with Gasteiger partial charge in [0, 0.05) is 5.56 Å². The number of rotatable bonds is 4. The van der Waals surface area contributed by atoms with Crippen LogP contribution in [0.5, 0.6) is 11.5 Å². The lowest BCUT2D eigenvalue weighted by atomic mass is 10.0. The summed E-state index contributed by atoms with van der Waals surface area (Å²) in [5, 5.41) is 0. The summed E-state index contributed by atoms with van der Waals surface area (Å²) in [5.74, 6) is 1.74. The average Bonchev–Trinajstić information content (AvgIpc) is 2.39. The maximum absolute atomic E-state index is 5.83. The Balaban J connectivity index is 2.10. The van der Waals surface area contributed by atoms with E-state index in [0.717, 1.165) is 17.9 Å². The second-order valence-corrected chi connectivity index (χ2v) is 6.50. The first-order valence-corrected chi connectivity index (χ1v) is 7.11. The van der Waals surface area contributed by atoms with Gasteiger partial charge in [0.2, 0.25) is 0 Å². The third-order valence-corrected chi connectivity index (χ3v) is 3.43. The number of hydrogen-bond donors (Lipinski definition) is 0. The van der Waals surface area contributed by atoms with Crippen molar-refractivity contribution in [1.82, 2.24) is 0 Å². The summed E-state index contributed by atoms with van der Waals surface area (Å²) in [5.41, 5.74) is 2.56. The van der Waals surface area contributed by atoms with Gasteiger partial charge in [0.25, 0.3) is 0 Å². The molecular weight excluding hydrogens is 252 g/mol. The largest absolute Gasteiger partial charge is 0.457 e. The van der Waals surface area contributed by atoms with E-state index in [4.69, 9.17) is 4.74 Å². The summed E-state index contributed by atoms with van der Waals surface area (Å²) < 4.78 is 5.82. The van der Waals surface area contributed by atoms with Crippen LogP contribution in [0, 0.1) is 0 Å². The molecule has 0 radical (unpaired) electrons. The Morgan fingerprint density at radius 3 is 1.79 bits per heavy atom. The fourth-order valence-corrected chi connectivity index (χ4v) is 2.04. The lowest BCUT2D eigenvalue weighted by molar-refractivity contribution is 0.482. The zero-order chi connectivity index (χ0) is 13.9. The molecule has 0 aliphatic carbocycles. The Labute approximate surface area is 121 Å². The van der Waals surface area contributed by atoms with E-state index in [0.29, 0.717) is 0 Å². The highest BCUT2D eigenvalue weighted by Crippen LogP contribution is 2.26. The summed E-state index contributed by atoms with van der Waals surface area (Å²) >= 11 is 3.71. The van der Waals surface area contributed by atoms with Crippen molar-refractivity contribution in [3.63, 3.8) is 0 Å². The summed E-state index contributed by atoms with van der Waals surface area (Å²) in [6.07, 6.45) is 1.05. The molecule has 0 saturated carbocycles. The van der Waals surface area contributed by atoms with Gasteiger partial charge in [-0.05, 0) is 62.7 Å². The van der Waals surface area contributed by atoms with E-state index in [9.17, 15) is 0 Å². The van der Waals surface area contributed by atoms with Gasteiger partial charge in [-0.1, -0.05) is 31.2 Å². The highest BCUT2D eigenvalue weighted by atomic mass is 32.1. The Bertz CT molecular complexity index is 521. The maximum atomic E-state index is 5.83. The van der Waals surface area contributed by atoms with Crippen molar-refractivity contribution in [2.24, 2.45) is 0 Å². The van der Waals surface area contributed by atoms with Crippen molar-refractivity contribution in [2.45, 2.75) is 31.9 Å². The molecule has 19 heavy (non-hydrogen) atoms. The molecule has 2 aromatic carbocycles. The van der Waals surface area contributed by atoms with Crippen molar-refractivity contribution in [3.05, 3.63) is 59.7 Å². The molecule has 0 aliphatic heterocycles. The zero-order valence-electron chi connectivity index (χ0n) is 11.7. The molecule has 0 unspecified atom stereocenters. The first-order chi connectivity index (χ1) is 8.99. The van der Waals surface area contributed by atoms with Gasteiger partial charge in [0.1, 0.15) is 16.2 Å². The number of aryl methyl sites for hydroxylation is 1. The molecule has 0 aromatic heterocycles. The summed E-state index contributed by atoms with van der Waals surface area (Å²) in [6, 6.07) is 16.4. The standard InChI is InChI=1S/C17H20OS/c1-4-13-5-9-15(10-6-13)18-16-11-7-14(8-12-16)17(2,3)19/h5-12,19H,4H2,1-3H3/p+1. The molecule has 0 N–H and O–H groups in total. The van der Waals surface area contributed by atoms with Crippen LogP contribution in [0.3, 0.4) is 0 Å². The molecule has 1 nitrogen and oxygen atoms in total. The minimum absolute atomic E-state index is 0.0126.